The third-order valence-electron chi connectivity index (χ3n) is 2.41. The van der Waals surface area contributed by atoms with Gasteiger partial charge in [0.1, 0.15) is 0 Å². The first-order valence-electron chi connectivity index (χ1n) is 4.63. The van der Waals surface area contributed by atoms with Gasteiger partial charge in [0, 0.05) is 19.5 Å². The summed E-state index contributed by atoms with van der Waals surface area (Å²) in [6.07, 6.45) is 3.96. The average molecular weight is 185 g/mol. The Bertz CT molecular complexity index is 193. The lowest BCUT2D eigenvalue weighted by Gasteiger charge is -2.18. The standard InChI is InChI=1S/C9H15NO3/c11-7-10-4-2-1-3-8(6-10)5-9(12)13/h7-8H,1-6H2,(H,12,13). The second kappa shape index (κ2) is 4.84. The topological polar surface area (TPSA) is 57.6 Å². The van der Waals surface area contributed by atoms with Gasteiger partial charge in [-0.15, -0.1) is 0 Å². The van der Waals surface area contributed by atoms with Crippen LogP contribution in [0.25, 0.3) is 0 Å². The Morgan fingerprint density at radius 2 is 2.31 bits per heavy atom. The SMILES string of the molecule is O=CN1CCCCC(CC(=O)O)C1. The summed E-state index contributed by atoms with van der Waals surface area (Å²) in [5.41, 5.74) is 0. The highest BCUT2D eigenvalue weighted by molar-refractivity contribution is 5.67. The van der Waals surface area contributed by atoms with Crippen LogP contribution < -0.4 is 0 Å². The van der Waals surface area contributed by atoms with Gasteiger partial charge in [-0.05, 0) is 18.8 Å². The number of carboxylic acids is 1. The van der Waals surface area contributed by atoms with E-state index in [4.69, 9.17) is 5.11 Å². The first-order chi connectivity index (χ1) is 6.22. The van der Waals surface area contributed by atoms with E-state index in [-0.39, 0.29) is 12.3 Å². The lowest BCUT2D eigenvalue weighted by Crippen LogP contribution is -2.27. The second-order valence-electron chi connectivity index (χ2n) is 3.56. The third-order valence-corrected chi connectivity index (χ3v) is 2.41. The largest absolute Gasteiger partial charge is 0.481 e. The number of aliphatic carboxylic acids is 1. The predicted molar refractivity (Wildman–Crippen MR) is 47.2 cm³/mol. The molecule has 0 aromatic rings. The maximum atomic E-state index is 10.5. The average Bonchev–Trinajstić information content (AvgIpc) is 2.28. The fourth-order valence-electron chi connectivity index (χ4n) is 1.77. The minimum Gasteiger partial charge on any atom is -0.481 e. The quantitative estimate of drug-likeness (QED) is 0.659. The highest BCUT2D eigenvalue weighted by Crippen LogP contribution is 2.18. The Balaban J connectivity index is 2.43. The minimum absolute atomic E-state index is 0.144. The van der Waals surface area contributed by atoms with Crippen molar-refractivity contribution in [2.24, 2.45) is 5.92 Å². The van der Waals surface area contributed by atoms with E-state index in [1.54, 1.807) is 4.90 Å². The molecule has 13 heavy (non-hydrogen) atoms. The molecule has 4 heteroatoms. The van der Waals surface area contributed by atoms with Gasteiger partial charge >= 0.3 is 5.97 Å². The maximum absolute atomic E-state index is 10.5. The molecule has 0 saturated carbocycles. The van der Waals surface area contributed by atoms with Gasteiger partial charge in [-0.2, -0.15) is 0 Å². The summed E-state index contributed by atoms with van der Waals surface area (Å²) in [4.78, 5) is 22.7. The second-order valence-corrected chi connectivity index (χ2v) is 3.56. The van der Waals surface area contributed by atoms with Crippen molar-refractivity contribution in [2.45, 2.75) is 25.7 Å². The van der Waals surface area contributed by atoms with Crippen molar-refractivity contribution in [1.82, 2.24) is 4.90 Å². The van der Waals surface area contributed by atoms with Crippen LogP contribution >= 0.6 is 0 Å². The van der Waals surface area contributed by atoms with E-state index in [9.17, 15) is 9.59 Å². The van der Waals surface area contributed by atoms with E-state index >= 15 is 0 Å². The molecule has 1 unspecified atom stereocenters. The molecule has 1 amide bonds. The van der Waals surface area contributed by atoms with Gasteiger partial charge in [0.15, 0.2) is 0 Å². The van der Waals surface area contributed by atoms with Gasteiger partial charge in [0.25, 0.3) is 0 Å². The van der Waals surface area contributed by atoms with Crippen molar-refractivity contribution in [1.29, 1.82) is 0 Å². The normalized spacial score (nSPS) is 23.7. The highest BCUT2D eigenvalue weighted by Gasteiger charge is 2.19. The molecule has 1 aliphatic heterocycles. The van der Waals surface area contributed by atoms with Gasteiger partial charge in [-0.3, -0.25) is 9.59 Å². The van der Waals surface area contributed by atoms with Gasteiger partial charge < -0.3 is 10.0 Å². The van der Waals surface area contributed by atoms with Crippen LogP contribution in [0.3, 0.4) is 0 Å². The van der Waals surface area contributed by atoms with Gasteiger partial charge in [0.05, 0.1) is 0 Å². The number of carbonyl (C=O) groups excluding carboxylic acids is 1. The number of amides is 1. The Morgan fingerprint density at radius 3 is 2.92 bits per heavy atom. The summed E-state index contributed by atoms with van der Waals surface area (Å²) in [5.74, 6) is -0.622. The Hall–Kier alpha value is -1.06. The Kier molecular flexibility index (Phi) is 3.73. The Labute approximate surface area is 77.5 Å². The molecule has 0 aliphatic carbocycles. The van der Waals surface area contributed by atoms with Gasteiger partial charge in [-0.1, -0.05) is 6.42 Å². The maximum Gasteiger partial charge on any atom is 0.303 e. The van der Waals surface area contributed by atoms with Crippen molar-refractivity contribution >= 4 is 12.4 Å². The molecule has 1 atom stereocenters. The summed E-state index contributed by atoms with van der Waals surface area (Å²) in [7, 11) is 0. The zero-order chi connectivity index (χ0) is 9.68. The molecule has 1 fully saturated rings. The molecular weight excluding hydrogens is 170 g/mol. The van der Waals surface area contributed by atoms with Crippen LogP contribution in [0.2, 0.25) is 0 Å². The number of nitrogens with zero attached hydrogens (tertiary/aromatic N) is 1. The van der Waals surface area contributed by atoms with Crippen molar-refractivity contribution in [3.05, 3.63) is 0 Å². The summed E-state index contributed by atoms with van der Waals surface area (Å²) in [6.45, 7) is 1.38. The van der Waals surface area contributed by atoms with Crippen LogP contribution in [-0.4, -0.2) is 35.5 Å². The summed E-state index contributed by atoms with van der Waals surface area (Å²) < 4.78 is 0. The van der Waals surface area contributed by atoms with Crippen LogP contribution in [0.5, 0.6) is 0 Å². The summed E-state index contributed by atoms with van der Waals surface area (Å²) >= 11 is 0. The molecule has 0 aromatic carbocycles. The summed E-state index contributed by atoms with van der Waals surface area (Å²) in [5, 5.41) is 8.61. The molecule has 74 valence electrons. The molecule has 1 rings (SSSR count). The van der Waals surface area contributed by atoms with Gasteiger partial charge in [-0.25, -0.2) is 0 Å². The van der Waals surface area contributed by atoms with Crippen LogP contribution in [0.15, 0.2) is 0 Å². The van der Waals surface area contributed by atoms with Crippen molar-refractivity contribution in [3.63, 3.8) is 0 Å². The first kappa shape index (κ1) is 10.0. The fourth-order valence-corrected chi connectivity index (χ4v) is 1.77. The first-order valence-corrected chi connectivity index (χ1v) is 4.63. The number of carboxylic acid groups (broad SMARTS) is 1. The number of hydrogen-bond donors (Lipinski definition) is 1. The van der Waals surface area contributed by atoms with E-state index in [1.165, 1.54) is 0 Å². The van der Waals surface area contributed by atoms with Crippen molar-refractivity contribution in [3.8, 4) is 0 Å². The zero-order valence-electron chi connectivity index (χ0n) is 7.61. The number of hydrogen-bond acceptors (Lipinski definition) is 2. The van der Waals surface area contributed by atoms with E-state index < -0.39 is 5.97 Å². The predicted octanol–water partition coefficient (Wildman–Crippen LogP) is 0.720. The monoisotopic (exact) mass is 185 g/mol. The van der Waals surface area contributed by atoms with E-state index in [1.807, 2.05) is 0 Å². The lowest BCUT2D eigenvalue weighted by atomic mass is 10.00. The molecule has 1 N–H and O–H groups in total. The highest BCUT2D eigenvalue weighted by atomic mass is 16.4. The van der Waals surface area contributed by atoms with Crippen LogP contribution in [0.4, 0.5) is 0 Å². The molecule has 1 heterocycles. The summed E-state index contributed by atoms with van der Waals surface area (Å²) in [6, 6.07) is 0. The smallest absolute Gasteiger partial charge is 0.303 e. The molecule has 0 bridgehead atoms. The molecule has 4 nitrogen and oxygen atoms in total. The third kappa shape index (κ3) is 3.44. The van der Waals surface area contributed by atoms with Crippen LogP contribution in [0, 0.1) is 5.92 Å². The molecule has 0 radical (unpaired) electrons. The fraction of sp³-hybridized carbons (Fsp3) is 0.778. The van der Waals surface area contributed by atoms with Crippen molar-refractivity contribution < 1.29 is 14.7 Å². The van der Waals surface area contributed by atoms with Crippen LogP contribution in [-0.2, 0) is 9.59 Å². The van der Waals surface area contributed by atoms with Crippen LogP contribution in [0.1, 0.15) is 25.7 Å². The molecule has 1 aliphatic rings. The lowest BCUT2D eigenvalue weighted by molar-refractivity contribution is -0.138. The van der Waals surface area contributed by atoms with Gasteiger partial charge in [0.2, 0.25) is 6.41 Å². The molecule has 0 aromatic heterocycles. The van der Waals surface area contributed by atoms with E-state index in [0.717, 1.165) is 32.2 Å². The van der Waals surface area contributed by atoms with E-state index in [0.29, 0.717) is 6.54 Å². The number of likely N-dealkylation sites (tertiary alicyclic amines) is 1. The molecular formula is C9H15NO3. The molecule has 0 spiro atoms. The Morgan fingerprint density at radius 1 is 1.54 bits per heavy atom. The number of rotatable bonds is 3. The zero-order valence-corrected chi connectivity index (χ0v) is 7.61. The minimum atomic E-state index is -0.766. The molecule has 1 saturated heterocycles. The van der Waals surface area contributed by atoms with Crippen molar-refractivity contribution in [2.75, 3.05) is 13.1 Å². The van der Waals surface area contributed by atoms with E-state index in [2.05, 4.69) is 0 Å². The number of carbonyl (C=O) groups is 2.